The van der Waals surface area contributed by atoms with Crippen molar-refractivity contribution in [2.24, 2.45) is 0 Å². The molecular weight excluding hydrogens is 448 g/mol. The summed E-state index contributed by atoms with van der Waals surface area (Å²) >= 11 is 0. The van der Waals surface area contributed by atoms with Crippen molar-refractivity contribution in [3.8, 4) is 17.5 Å². The topological polar surface area (TPSA) is 88.9 Å². The predicted molar refractivity (Wildman–Crippen MR) is 140 cm³/mol. The third kappa shape index (κ3) is 3.89. The number of nitriles is 1. The number of hydrogen-bond acceptors (Lipinski definition) is 5. The fourth-order valence-corrected chi connectivity index (χ4v) is 5.34. The Kier molecular flexibility index (Phi) is 5.45. The van der Waals surface area contributed by atoms with Crippen LogP contribution in [0.25, 0.3) is 22.4 Å². The van der Waals surface area contributed by atoms with Gasteiger partial charge in [0.2, 0.25) is 0 Å². The van der Waals surface area contributed by atoms with Crippen LogP contribution >= 0.6 is 0 Å². The van der Waals surface area contributed by atoms with Crippen LogP contribution in [-0.4, -0.2) is 51.9 Å². The lowest BCUT2D eigenvalue weighted by molar-refractivity contribution is 0.0601. The zero-order chi connectivity index (χ0) is 24.8. The highest BCUT2D eigenvalue weighted by atomic mass is 16.2. The SMILES string of the molecule is Cc1cc(C)c(-c2nc3cc(N4CCCC4)ncc3[nH]2)cc1C(=O)N1CC(c2ccc(C#N)cc2)C1. The highest BCUT2D eigenvalue weighted by molar-refractivity contribution is 5.98. The molecule has 0 aliphatic carbocycles. The van der Waals surface area contributed by atoms with Crippen LogP contribution in [-0.2, 0) is 0 Å². The van der Waals surface area contributed by atoms with Crippen LogP contribution in [0.2, 0.25) is 0 Å². The van der Waals surface area contributed by atoms with Gasteiger partial charge in [0.05, 0.1) is 28.9 Å². The summed E-state index contributed by atoms with van der Waals surface area (Å²) in [4.78, 5) is 30.6. The summed E-state index contributed by atoms with van der Waals surface area (Å²) in [7, 11) is 0. The normalized spacial score (nSPS) is 15.8. The van der Waals surface area contributed by atoms with Crippen molar-refractivity contribution < 1.29 is 4.79 Å². The van der Waals surface area contributed by atoms with Crippen LogP contribution in [0.15, 0.2) is 48.7 Å². The minimum atomic E-state index is 0.0488. The second-order valence-electron chi connectivity index (χ2n) is 9.96. The Morgan fingerprint density at radius 3 is 2.53 bits per heavy atom. The third-order valence-electron chi connectivity index (χ3n) is 7.52. The Balaban J connectivity index is 1.24. The van der Waals surface area contributed by atoms with Crippen molar-refractivity contribution in [1.82, 2.24) is 19.9 Å². The van der Waals surface area contributed by atoms with Gasteiger partial charge in [-0.25, -0.2) is 9.97 Å². The molecule has 4 aromatic rings. The van der Waals surface area contributed by atoms with Gasteiger partial charge in [-0.1, -0.05) is 18.2 Å². The first kappa shape index (κ1) is 22.3. The lowest BCUT2D eigenvalue weighted by Gasteiger charge is -2.40. The number of nitrogens with zero attached hydrogens (tertiary/aromatic N) is 5. The Bertz CT molecular complexity index is 1500. The van der Waals surface area contributed by atoms with Gasteiger partial charge in [-0.05, 0) is 61.6 Å². The summed E-state index contributed by atoms with van der Waals surface area (Å²) in [5.74, 6) is 2.09. The molecule has 180 valence electrons. The third-order valence-corrected chi connectivity index (χ3v) is 7.52. The quantitative estimate of drug-likeness (QED) is 0.450. The van der Waals surface area contributed by atoms with Crippen LogP contribution in [0.1, 0.15) is 51.4 Å². The van der Waals surface area contributed by atoms with E-state index in [0.29, 0.717) is 30.1 Å². The molecule has 0 spiro atoms. The predicted octanol–water partition coefficient (Wildman–Crippen LogP) is 4.95. The number of aromatic nitrogens is 3. The second kappa shape index (κ2) is 8.80. The van der Waals surface area contributed by atoms with Crippen LogP contribution in [0.3, 0.4) is 0 Å². The first-order chi connectivity index (χ1) is 17.5. The second-order valence-corrected chi connectivity index (χ2v) is 9.96. The molecule has 0 radical (unpaired) electrons. The van der Waals surface area contributed by atoms with E-state index in [0.717, 1.165) is 52.5 Å². The van der Waals surface area contributed by atoms with E-state index in [1.54, 1.807) is 0 Å². The van der Waals surface area contributed by atoms with Crippen molar-refractivity contribution >= 4 is 22.8 Å². The van der Waals surface area contributed by atoms with Gasteiger partial charge in [0.25, 0.3) is 5.91 Å². The zero-order valence-electron chi connectivity index (χ0n) is 20.6. The Labute approximate surface area is 210 Å². The van der Waals surface area contributed by atoms with Gasteiger partial charge in [-0.2, -0.15) is 5.26 Å². The summed E-state index contributed by atoms with van der Waals surface area (Å²) in [6.45, 7) is 7.50. The smallest absolute Gasteiger partial charge is 0.254 e. The van der Waals surface area contributed by atoms with Crippen LogP contribution < -0.4 is 4.90 Å². The summed E-state index contributed by atoms with van der Waals surface area (Å²) in [5.41, 5.74) is 7.31. The molecule has 2 fully saturated rings. The molecule has 2 saturated heterocycles. The maximum atomic E-state index is 13.4. The highest BCUT2D eigenvalue weighted by Gasteiger charge is 2.33. The van der Waals surface area contributed by atoms with Gasteiger partial charge in [-0.3, -0.25) is 4.79 Å². The molecule has 0 unspecified atom stereocenters. The van der Waals surface area contributed by atoms with Gasteiger partial charge < -0.3 is 14.8 Å². The number of aryl methyl sites for hydroxylation is 2. The minimum absolute atomic E-state index is 0.0488. The number of H-pyrrole nitrogens is 1. The summed E-state index contributed by atoms with van der Waals surface area (Å²) in [6.07, 6.45) is 4.27. The highest BCUT2D eigenvalue weighted by Crippen LogP contribution is 2.32. The number of pyridine rings is 1. The van der Waals surface area contributed by atoms with E-state index in [-0.39, 0.29) is 5.91 Å². The van der Waals surface area contributed by atoms with Crippen molar-refractivity contribution in [2.45, 2.75) is 32.6 Å². The van der Waals surface area contributed by atoms with Crippen molar-refractivity contribution in [3.63, 3.8) is 0 Å². The van der Waals surface area contributed by atoms with Crippen LogP contribution in [0.4, 0.5) is 5.82 Å². The monoisotopic (exact) mass is 476 g/mol. The number of hydrogen-bond donors (Lipinski definition) is 1. The fraction of sp³-hybridized carbons (Fsp3) is 0.310. The van der Waals surface area contributed by atoms with Gasteiger partial charge in [0.1, 0.15) is 11.6 Å². The molecule has 36 heavy (non-hydrogen) atoms. The molecule has 0 atom stereocenters. The average molecular weight is 477 g/mol. The van der Waals surface area contributed by atoms with Gasteiger partial charge in [0, 0.05) is 49.3 Å². The average Bonchev–Trinajstić information content (AvgIpc) is 3.53. The summed E-state index contributed by atoms with van der Waals surface area (Å²) in [5, 5.41) is 9.01. The first-order valence-corrected chi connectivity index (χ1v) is 12.5. The first-order valence-electron chi connectivity index (χ1n) is 12.5. The largest absolute Gasteiger partial charge is 0.357 e. The molecule has 1 amide bonds. The van der Waals surface area contributed by atoms with Crippen molar-refractivity contribution in [2.75, 3.05) is 31.1 Å². The molecular formula is C29H28N6O. The Morgan fingerprint density at radius 1 is 1.06 bits per heavy atom. The number of carbonyl (C=O) groups is 1. The number of rotatable bonds is 4. The van der Waals surface area contributed by atoms with E-state index < -0.39 is 0 Å². The Hall–Kier alpha value is -4.18. The van der Waals surface area contributed by atoms with E-state index in [2.05, 4.69) is 40.0 Å². The lowest BCUT2D eigenvalue weighted by Crippen LogP contribution is -2.48. The number of amides is 1. The lowest BCUT2D eigenvalue weighted by atomic mass is 9.89. The fourth-order valence-electron chi connectivity index (χ4n) is 5.34. The maximum Gasteiger partial charge on any atom is 0.254 e. The number of fused-ring (bicyclic) bond motifs is 1. The molecule has 1 N–H and O–H groups in total. The molecule has 2 aliphatic rings. The van der Waals surface area contributed by atoms with E-state index in [4.69, 9.17) is 10.2 Å². The zero-order valence-corrected chi connectivity index (χ0v) is 20.6. The molecule has 4 heterocycles. The summed E-state index contributed by atoms with van der Waals surface area (Å²) in [6, 6.07) is 15.9. The molecule has 0 bridgehead atoms. The van der Waals surface area contributed by atoms with Gasteiger partial charge in [0.15, 0.2) is 0 Å². The summed E-state index contributed by atoms with van der Waals surface area (Å²) < 4.78 is 0. The van der Waals surface area contributed by atoms with Crippen molar-refractivity contribution in [1.29, 1.82) is 5.26 Å². The molecule has 2 aromatic carbocycles. The van der Waals surface area contributed by atoms with Crippen LogP contribution in [0.5, 0.6) is 0 Å². The van der Waals surface area contributed by atoms with Crippen molar-refractivity contribution in [3.05, 3.63) is 76.5 Å². The van der Waals surface area contributed by atoms with E-state index in [1.165, 1.54) is 18.4 Å². The minimum Gasteiger partial charge on any atom is -0.357 e. The standard InChI is InChI=1S/C29H28N6O/c1-18-11-19(2)24(29(36)35-16-22(17-35)21-7-5-20(14-30)6-8-21)12-23(18)28-32-25-13-27(31-15-26(25)33-28)34-9-3-4-10-34/h5-8,11-13,15,22H,3-4,9-10,16-17H2,1-2H3,(H,32,33). The van der Waals surface area contributed by atoms with E-state index in [1.807, 2.05) is 48.4 Å². The number of anilines is 1. The number of aromatic amines is 1. The van der Waals surface area contributed by atoms with Crippen LogP contribution in [0, 0.1) is 25.2 Å². The Morgan fingerprint density at radius 2 is 1.81 bits per heavy atom. The number of imidazole rings is 1. The van der Waals surface area contributed by atoms with Gasteiger partial charge >= 0.3 is 0 Å². The molecule has 2 aliphatic heterocycles. The molecule has 7 nitrogen and oxygen atoms in total. The maximum absolute atomic E-state index is 13.4. The molecule has 2 aromatic heterocycles. The number of nitrogens with one attached hydrogen (secondary N) is 1. The van der Waals surface area contributed by atoms with E-state index >= 15 is 0 Å². The number of benzene rings is 2. The number of carbonyl (C=O) groups excluding carboxylic acids is 1. The van der Waals surface area contributed by atoms with E-state index in [9.17, 15) is 4.79 Å². The molecule has 0 saturated carbocycles. The molecule has 6 rings (SSSR count). The number of likely N-dealkylation sites (tertiary alicyclic amines) is 1. The molecule has 7 heteroatoms. The van der Waals surface area contributed by atoms with Gasteiger partial charge in [-0.15, -0.1) is 0 Å².